The molecule has 2 aromatic heterocycles. The van der Waals surface area contributed by atoms with Crippen LogP contribution in [0.3, 0.4) is 0 Å². The van der Waals surface area contributed by atoms with Crippen molar-refractivity contribution in [2.75, 3.05) is 5.75 Å². The van der Waals surface area contributed by atoms with Crippen LogP contribution >= 0.6 is 11.8 Å². The first-order valence-corrected chi connectivity index (χ1v) is 10.2. The smallest absolute Gasteiger partial charge is 0.266 e. The molecular formula is C22H18N4O3S. The number of nitrogens with one attached hydrogen (secondary N) is 1. The summed E-state index contributed by atoms with van der Waals surface area (Å²) in [4.78, 5) is 29.9. The molecule has 0 bridgehead atoms. The molecule has 0 aliphatic carbocycles. The minimum Gasteiger partial charge on any atom is -0.460 e. The number of carbonyl (C=O) groups excluding carboxylic acids is 1. The molecule has 2 aromatic carbocycles. The van der Waals surface area contributed by atoms with Gasteiger partial charge in [-0.2, -0.15) is 5.10 Å². The first kappa shape index (κ1) is 19.7. The van der Waals surface area contributed by atoms with Gasteiger partial charge in [-0.1, -0.05) is 42.1 Å². The van der Waals surface area contributed by atoms with Crippen molar-refractivity contribution in [1.29, 1.82) is 0 Å². The minimum absolute atomic E-state index is 0.0478. The largest absolute Gasteiger partial charge is 0.460 e. The van der Waals surface area contributed by atoms with Gasteiger partial charge < -0.3 is 4.42 Å². The van der Waals surface area contributed by atoms with Crippen LogP contribution in [0, 0.1) is 6.92 Å². The number of carbonyl (C=O) groups is 1. The molecule has 0 radical (unpaired) electrons. The van der Waals surface area contributed by atoms with Gasteiger partial charge in [0.15, 0.2) is 5.16 Å². The average molecular weight is 418 g/mol. The van der Waals surface area contributed by atoms with Crippen LogP contribution in [0.5, 0.6) is 0 Å². The normalized spacial score (nSPS) is 11.2. The molecule has 4 aromatic rings. The molecule has 7 nitrogen and oxygen atoms in total. The van der Waals surface area contributed by atoms with Gasteiger partial charge in [0.1, 0.15) is 11.5 Å². The maximum Gasteiger partial charge on any atom is 0.266 e. The standard InChI is InChI=1S/C22H18N4O3S/c1-15-11-12-17(29-15)13-23-25-20(27)14-30-22-24-19-10-6-5-9-18(19)21(28)26(22)16-7-3-2-4-8-16/h2-13H,14H2,1H3,(H,25,27). The van der Waals surface area contributed by atoms with E-state index < -0.39 is 0 Å². The first-order valence-electron chi connectivity index (χ1n) is 9.20. The molecule has 0 fully saturated rings. The lowest BCUT2D eigenvalue weighted by atomic mass is 10.2. The summed E-state index contributed by atoms with van der Waals surface area (Å²) in [5.41, 5.74) is 3.55. The van der Waals surface area contributed by atoms with E-state index in [4.69, 9.17) is 4.42 Å². The Morgan fingerprint density at radius 3 is 2.67 bits per heavy atom. The van der Waals surface area contributed by atoms with Gasteiger partial charge in [-0.25, -0.2) is 10.4 Å². The van der Waals surface area contributed by atoms with E-state index in [9.17, 15) is 9.59 Å². The molecular weight excluding hydrogens is 400 g/mol. The van der Waals surface area contributed by atoms with E-state index >= 15 is 0 Å². The Hall–Kier alpha value is -3.65. The second-order valence-corrected chi connectivity index (χ2v) is 7.36. The van der Waals surface area contributed by atoms with Gasteiger partial charge in [0.2, 0.25) is 0 Å². The van der Waals surface area contributed by atoms with E-state index in [0.717, 1.165) is 5.76 Å². The van der Waals surface area contributed by atoms with Crippen LogP contribution in [0.1, 0.15) is 11.5 Å². The van der Waals surface area contributed by atoms with Crippen molar-refractivity contribution in [3.8, 4) is 5.69 Å². The predicted molar refractivity (Wildman–Crippen MR) is 117 cm³/mol. The highest BCUT2D eigenvalue weighted by molar-refractivity contribution is 7.99. The lowest BCUT2D eigenvalue weighted by Gasteiger charge is -2.12. The molecule has 30 heavy (non-hydrogen) atoms. The fourth-order valence-electron chi connectivity index (χ4n) is 2.87. The van der Waals surface area contributed by atoms with E-state index in [1.807, 2.05) is 49.4 Å². The third-order valence-corrected chi connectivity index (χ3v) is 5.17. The van der Waals surface area contributed by atoms with Crippen molar-refractivity contribution in [2.24, 2.45) is 5.10 Å². The predicted octanol–water partition coefficient (Wildman–Crippen LogP) is 3.53. The quantitative estimate of drug-likeness (QED) is 0.224. The van der Waals surface area contributed by atoms with Crippen LogP contribution in [0.4, 0.5) is 0 Å². The monoisotopic (exact) mass is 418 g/mol. The second-order valence-electron chi connectivity index (χ2n) is 6.42. The zero-order chi connectivity index (χ0) is 20.9. The number of furan rings is 1. The number of para-hydroxylation sites is 2. The molecule has 150 valence electrons. The highest BCUT2D eigenvalue weighted by Gasteiger charge is 2.14. The van der Waals surface area contributed by atoms with E-state index in [1.54, 1.807) is 24.3 Å². The number of rotatable bonds is 6. The van der Waals surface area contributed by atoms with Crippen LogP contribution in [0.25, 0.3) is 16.6 Å². The Bertz CT molecular complexity index is 1280. The zero-order valence-electron chi connectivity index (χ0n) is 16.1. The van der Waals surface area contributed by atoms with Gasteiger partial charge in [-0.15, -0.1) is 0 Å². The van der Waals surface area contributed by atoms with Crippen LogP contribution < -0.4 is 11.0 Å². The minimum atomic E-state index is -0.318. The molecule has 1 N–H and O–H groups in total. The summed E-state index contributed by atoms with van der Waals surface area (Å²) in [6.07, 6.45) is 1.43. The highest BCUT2D eigenvalue weighted by atomic mass is 32.2. The summed E-state index contributed by atoms with van der Waals surface area (Å²) >= 11 is 1.17. The fourth-order valence-corrected chi connectivity index (χ4v) is 3.67. The Balaban J connectivity index is 1.56. The number of nitrogens with zero attached hydrogens (tertiary/aromatic N) is 3. The summed E-state index contributed by atoms with van der Waals surface area (Å²) in [7, 11) is 0. The summed E-state index contributed by atoms with van der Waals surface area (Å²) < 4.78 is 6.88. The third-order valence-electron chi connectivity index (χ3n) is 4.23. The lowest BCUT2D eigenvalue weighted by Crippen LogP contribution is -2.24. The molecule has 0 aliphatic heterocycles. The van der Waals surface area contributed by atoms with Crippen LogP contribution in [-0.2, 0) is 4.79 Å². The Morgan fingerprint density at radius 2 is 1.90 bits per heavy atom. The van der Waals surface area contributed by atoms with Crippen molar-refractivity contribution in [3.63, 3.8) is 0 Å². The molecule has 0 spiro atoms. The lowest BCUT2D eigenvalue weighted by molar-refractivity contribution is -0.118. The van der Waals surface area contributed by atoms with Crippen molar-refractivity contribution >= 4 is 34.8 Å². The number of benzene rings is 2. The van der Waals surface area contributed by atoms with Crippen LogP contribution in [-0.4, -0.2) is 27.4 Å². The fraction of sp³-hybridized carbons (Fsp3) is 0.0909. The van der Waals surface area contributed by atoms with Crippen molar-refractivity contribution in [3.05, 3.63) is 88.6 Å². The van der Waals surface area contributed by atoms with E-state index in [1.165, 1.54) is 22.5 Å². The van der Waals surface area contributed by atoms with Crippen LogP contribution in [0.2, 0.25) is 0 Å². The Morgan fingerprint density at radius 1 is 1.13 bits per heavy atom. The van der Waals surface area contributed by atoms with Crippen molar-refractivity contribution in [2.45, 2.75) is 12.1 Å². The Labute approximate surface area is 176 Å². The number of hydrazone groups is 1. The summed E-state index contributed by atoms with van der Waals surface area (Å²) in [6, 6.07) is 20.0. The molecule has 2 heterocycles. The molecule has 0 unspecified atom stereocenters. The number of hydrogen-bond acceptors (Lipinski definition) is 6. The van der Waals surface area contributed by atoms with Gasteiger partial charge in [0.25, 0.3) is 11.5 Å². The van der Waals surface area contributed by atoms with Crippen molar-refractivity contribution < 1.29 is 9.21 Å². The third kappa shape index (κ3) is 4.33. The summed E-state index contributed by atoms with van der Waals surface area (Å²) in [5, 5.41) is 4.85. The molecule has 1 amide bonds. The molecule has 4 rings (SSSR count). The van der Waals surface area contributed by atoms with Gasteiger partial charge in [-0.05, 0) is 43.3 Å². The number of aryl methyl sites for hydroxylation is 1. The van der Waals surface area contributed by atoms with Gasteiger partial charge in [-0.3, -0.25) is 14.2 Å². The summed E-state index contributed by atoms with van der Waals surface area (Å²) in [5.74, 6) is 1.04. The van der Waals surface area contributed by atoms with Gasteiger partial charge in [0, 0.05) is 0 Å². The molecule has 8 heteroatoms. The Kier molecular flexibility index (Phi) is 5.76. The zero-order valence-corrected chi connectivity index (χ0v) is 16.9. The molecule has 0 saturated carbocycles. The molecule has 0 atom stereocenters. The van der Waals surface area contributed by atoms with Gasteiger partial charge >= 0.3 is 0 Å². The van der Waals surface area contributed by atoms with Crippen LogP contribution in [0.15, 0.2) is 86.2 Å². The number of aromatic nitrogens is 2. The van der Waals surface area contributed by atoms with E-state index in [2.05, 4.69) is 15.5 Å². The topological polar surface area (TPSA) is 89.5 Å². The SMILES string of the molecule is Cc1ccc(C=NNC(=O)CSc2nc3ccccc3c(=O)n2-c2ccccc2)o1. The number of thioether (sulfide) groups is 1. The number of amides is 1. The second kappa shape index (κ2) is 8.79. The highest BCUT2D eigenvalue weighted by Crippen LogP contribution is 2.21. The van der Waals surface area contributed by atoms with E-state index in [0.29, 0.717) is 27.5 Å². The van der Waals surface area contributed by atoms with Gasteiger partial charge in [0.05, 0.1) is 28.6 Å². The average Bonchev–Trinajstić information content (AvgIpc) is 3.18. The molecule has 0 saturated heterocycles. The first-order chi connectivity index (χ1) is 14.6. The number of fused-ring (bicyclic) bond motifs is 1. The van der Waals surface area contributed by atoms with Crippen molar-refractivity contribution in [1.82, 2.24) is 15.0 Å². The molecule has 0 aliphatic rings. The summed E-state index contributed by atoms with van der Waals surface area (Å²) in [6.45, 7) is 1.83. The van der Waals surface area contributed by atoms with E-state index in [-0.39, 0.29) is 17.2 Å². The maximum absolute atomic E-state index is 13.1. The maximum atomic E-state index is 13.1. The number of hydrogen-bond donors (Lipinski definition) is 1.